The van der Waals surface area contributed by atoms with Crippen LogP contribution in [0.5, 0.6) is 5.75 Å². The molecule has 2 amide bonds. The lowest BCUT2D eigenvalue weighted by Crippen LogP contribution is -2.52. The van der Waals surface area contributed by atoms with Gasteiger partial charge in [0, 0.05) is 44.4 Å². The predicted octanol–water partition coefficient (Wildman–Crippen LogP) is 3.16. The van der Waals surface area contributed by atoms with Crippen molar-refractivity contribution in [1.82, 2.24) is 4.90 Å². The molecule has 186 valence electrons. The minimum absolute atomic E-state index is 0.00176. The summed E-state index contributed by atoms with van der Waals surface area (Å²) in [6.07, 6.45) is 2.66. The number of hydrogen-bond acceptors (Lipinski definition) is 6. The minimum Gasteiger partial charge on any atom is -0.507 e. The summed E-state index contributed by atoms with van der Waals surface area (Å²) in [7, 11) is 1.55. The second-order valence-corrected chi connectivity index (χ2v) is 9.24. The van der Waals surface area contributed by atoms with Crippen LogP contribution in [0.4, 0.5) is 5.69 Å². The SMILES string of the molecule is C=CCN1C(=O)[C@@]2(C(=C(O)c3ccc4c(c3)C[C@H](C)O4)C(=O)C(=O)N2CCCOC)c2ccccc21. The normalized spacial score (nSPS) is 23.8. The maximum absolute atomic E-state index is 14.2. The summed E-state index contributed by atoms with van der Waals surface area (Å²) in [6, 6.07) is 12.2. The topological polar surface area (TPSA) is 96.4 Å². The molecule has 1 saturated heterocycles. The third-order valence-electron chi connectivity index (χ3n) is 7.02. The van der Waals surface area contributed by atoms with E-state index in [1.54, 1.807) is 55.7 Å². The zero-order valence-electron chi connectivity index (χ0n) is 20.3. The number of amides is 2. The Morgan fingerprint density at radius 1 is 1.25 bits per heavy atom. The minimum atomic E-state index is -1.78. The Kier molecular flexibility index (Phi) is 5.92. The zero-order chi connectivity index (χ0) is 25.6. The maximum Gasteiger partial charge on any atom is 0.296 e. The molecule has 5 rings (SSSR count). The lowest BCUT2D eigenvalue weighted by molar-refractivity contribution is -0.143. The second kappa shape index (κ2) is 8.95. The fourth-order valence-corrected chi connectivity index (χ4v) is 5.56. The largest absolute Gasteiger partial charge is 0.507 e. The van der Waals surface area contributed by atoms with Crippen LogP contribution in [0.2, 0.25) is 0 Å². The number of likely N-dealkylation sites (tertiary alicyclic amines) is 1. The van der Waals surface area contributed by atoms with Gasteiger partial charge in [0.1, 0.15) is 17.6 Å². The van der Waals surface area contributed by atoms with Crippen LogP contribution < -0.4 is 9.64 Å². The summed E-state index contributed by atoms with van der Waals surface area (Å²) in [5, 5.41) is 11.6. The molecule has 1 fully saturated rings. The van der Waals surface area contributed by atoms with Gasteiger partial charge in [-0.3, -0.25) is 14.4 Å². The summed E-state index contributed by atoms with van der Waals surface area (Å²) in [5.41, 5.74) is 0.292. The van der Waals surface area contributed by atoms with E-state index in [0.29, 0.717) is 42.0 Å². The number of hydrogen-bond donors (Lipinski definition) is 1. The van der Waals surface area contributed by atoms with Crippen molar-refractivity contribution < 1.29 is 29.0 Å². The highest BCUT2D eigenvalue weighted by atomic mass is 16.5. The number of carbonyl (C=O) groups excluding carboxylic acids is 3. The van der Waals surface area contributed by atoms with Gasteiger partial charge in [0.2, 0.25) is 0 Å². The molecule has 2 aromatic carbocycles. The van der Waals surface area contributed by atoms with Gasteiger partial charge in [0.25, 0.3) is 17.6 Å². The fraction of sp³-hybridized carbons (Fsp3) is 0.321. The van der Waals surface area contributed by atoms with Crippen LogP contribution in [0.15, 0.2) is 60.7 Å². The van der Waals surface area contributed by atoms with Crippen molar-refractivity contribution in [1.29, 1.82) is 0 Å². The molecule has 3 aliphatic rings. The molecule has 8 heteroatoms. The molecule has 36 heavy (non-hydrogen) atoms. The Morgan fingerprint density at radius 2 is 2.03 bits per heavy atom. The van der Waals surface area contributed by atoms with E-state index >= 15 is 0 Å². The number of carbonyl (C=O) groups is 3. The average Bonchev–Trinajstić information content (AvgIpc) is 3.44. The third kappa shape index (κ3) is 3.28. The van der Waals surface area contributed by atoms with Crippen LogP contribution in [0.1, 0.15) is 30.0 Å². The third-order valence-corrected chi connectivity index (χ3v) is 7.02. The van der Waals surface area contributed by atoms with E-state index in [1.165, 1.54) is 9.80 Å². The molecule has 0 bridgehead atoms. The molecular weight excluding hydrogens is 460 g/mol. The average molecular weight is 489 g/mol. The number of Topliss-reactive ketones (excluding diaryl/α,β-unsaturated/α-hetero) is 1. The van der Waals surface area contributed by atoms with Gasteiger partial charge in [-0.2, -0.15) is 0 Å². The molecule has 0 saturated carbocycles. The second-order valence-electron chi connectivity index (χ2n) is 9.24. The number of benzene rings is 2. The Labute approximate surface area is 209 Å². The van der Waals surface area contributed by atoms with E-state index in [0.717, 1.165) is 5.56 Å². The molecule has 0 radical (unpaired) electrons. The van der Waals surface area contributed by atoms with Crippen molar-refractivity contribution in [3.8, 4) is 5.75 Å². The van der Waals surface area contributed by atoms with Crippen molar-refractivity contribution >= 4 is 29.0 Å². The fourth-order valence-electron chi connectivity index (χ4n) is 5.56. The standard InChI is InChI=1S/C28H28N2O6/c1-4-12-29-21-9-6-5-8-20(21)28(27(29)34)23(25(32)26(33)30(28)13-7-14-35-3)24(31)18-10-11-22-19(16-18)15-17(2)36-22/h4-6,8-11,16-17,31H,1,7,12-15H2,2-3H3/t17-,28-/m0/s1. The quantitative estimate of drug-likeness (QED) is 0.212. The number of methoxy groups -OCH3 is 1. The van der Waals surface area contributed by atoms with Gasteiger partial charge in [-0.15, -0.1) is 6.58 Å². The van der Waals surface area contributed by atoms with Crippen molar-refractivity contribution in [2.45, 2.75) is 31.4 Å². The van der Waals surface area contributed by atoms with Gasteiger partial charge in [-0.05, 0) is 43.2 Å². The molecule has 8 nitrogen and oxygen atoms in total. The predicted molar refractivity (Wildman–Crippen MR) is 134 cm³/mol. The number of aliphatic hydroxyl groups excluding tert-OH is 1. The van der Waals surface area contributed by atoms with Crippen molar-refractivity contribution in [2.75, 3.05) is 31.7 Å². The monoisotopic (exact) mass is 488 g/mol. The first-order valence-corrected chi connectivity index (χ1v) is 12.0. The first kappa shape index (κ1) is 23.8. The van der Waals surface area contributed by atoms with Gasteiger partial charge in [-0.25, -0.2) is 0 Å². The summed E-state index contributed by atoms with van der Waals surface area (Å²) < 4.78 is 10.9. The Morgan fingerprint density at radius 3 is 2.78 bits per heavy atom. The first-order valence-electron chi connectivity index (χ1n) is 12.0. The van der Waals surface area contributed by atoms with E-state index in [-0.39, 0.29) is 30.5 Å². The Bertz CT molecular complexity index is 1310. The van der Waals surface area contributed by atoms with E-state index in [9.17, 15) is 19.5 Å². The van der Waals surface area contributed by atoms with E-state index in [1.807, 2.05) is 6.92 Å². The zero-order valence-corrected chi connectivity index (χ0v) is 20.3. The van der Waals surface area contributed by atoms with Crippen LogP contribution in [0.3, 0.4) is 0 Å². The lowest BCUT2D eigenvalue weighted by atomic mass is 9.81. The number of anilines is 1. The molecule has 1 spiro atoms. The van der Waals surface area contributed by atoms with Crippen LogP contribution >= 0.6 is 0 Å². The van der Waals surface area contributed by atoms with Crippen LogP contribution in [-0.4, -0.2) is 60.5 Å². The first-order chi connectivity index (χ1) is 17.4. The Balaban J connectivity index is 1.76. The molecule has 1 N–H and O–H groups in total. The van der Waals surface area contributed by atoms with Crippen molar-refractivity contribution in [3.63, 3.8) is 0 Å². The van der Waals surface area contributed by atoms with Crippen LogP contribution in [0, 0.1) is 0 Å². The van der Waals surface area contributed by atoms with E-state index in [2.05, 4.69) is 6.58 Å². The van der Waals surface area contributed by atoms with Gasteiger partial charge in [-0.1, -0.05) is 24.3 Å². The lowest BCUT2D eigenvalue weighted by Gasteiger charge is -2.34. The molecule has 0 unspecified atom stereocenters. The summed E-state index contributed by atoms with van der Waals surface area (Å²) in [4.78, 5) is 44.0. The van der Waals surface area contributed by atoms with Gasteiger partial charge >= 0.3 is 0 Å². The molecule has 3 aliphatic heterocycles. The number of ether oxygens (including phenoxy) is 2. The van der Waals surface area contributed by atoms with Crippen molar-refractivity contribution in [2.24, 2.45) is 0 Å². The van der Waals surface area contributed by atoms with E-state index in [4.69, 9.17) is 9.47 Å². The number of ketones is 1. The number of nitrogens with zero attached hydrogens (tertiary/aromatic N) is 2. The number of fused-ring (bicyclic) bond motifs is 3. The number of aliphatic hydroxyl groups is 1. The summed E-state index contributed by atoms with van der Waals surface area (Å²) in [5.74, 6) is -1.85. The number of rotatable bonds is 7. The highest BCUT2D eigenvalue weighted by Crippen LogP contribution is 2.53. The molecule has 0 aromatic heterocycles. The van der Waals surface area contributed by atoms with Crippen LogP contribution in [0.25, 0.3) is 5.76 Å². The summed E-state index contributed by atoms with van der Waals surface area (Å²) in [6.45, 7) is 6.35. The molecular formula is C28H28N2O6. The molecule has 0 aliphatic carbocycles. The van der Waals surface area contributed by atoms with Crippen molar-refractivity contribution in [3.05, 3.63) is 77.4 Å². The maximum atomic E-state index is 14.2. The smallest absolute Gasteiger partial charge is 0.296 e. The molecule has 2 atom stereocenters. The highest BCUT2D eigenvalue weighted by molar-refractivity contribution is 6.50. The number of para-hydroxylation sites is 1. The van der Waals surface area contributed by atoms with Crippen LogP contribution in [-0.2, 0) is 31.1 Å². The van der Waals surface area contributed by atoms with Gasteiger partial charge in [0.05, 0.1) is 11.3 Å². The highest BCUT2D eigenvalue weighted by Gasteiger charge is 2.66. The van der Waals surface area contributed by atoms with Gasteiger partial charge in [0.15, 0.2) is 5.54 Å². The molecule has 3 heterocycles. The molecule has 2 aromatic rings. The Hall–Kier alpha value is -3.91. The van der Waals surface area contributed by atoms with E-state index < -0.39 is 23.1 Å². The summed E-state index contributed by atoms with van der Waals surface area (Å²) >= 11 is 0. The van der Waals surface area contributed by atoms with Gasteiger partial charge < -0.3 is 24.4 Å².